The van der Waals surface area contributed by atoms with Crippen molar-refractivity contribution in [1.82, 2.24) is 0 Å². The first-order chi connectivity index (χ1) is 16.8. The zero-order valence-corrected chi connectivity index (χ0v) is 20.7. The molecule has 2 amide bonds. The van der Waals surface area contributed by atoms with Crippen LogP contribution in [0.15, 0.2) is 77.3 Å². The van der Waals surface area contributed by atoms with Crippen LogP contribution >= 0.6 is 35.0 Å². The van der Waals surface area contributed by atoms with Gasteiger partial charge in [0.1, 0.15) is 22.5 Å². The SMILES string of the molecule is Cc1ccc(NC(=O)C(C#N)=C2SC(Cc3cc(Cl)ccc3Cl)C(=O)N2c2ccc(F)cc2)cc1. The number of hydrogen-bond donors (Lipinski definition) is 1. The van der Waals surface area contributed by atoms with Gasteiger partial charge in [0.2, 0.25) is 5.91 Å². The van der Waals surface area contributed by atoms with Crippen LogP contribution in [0.1, 0.15) is 11.1 Å². The lowest BCUT2D eigenvalue weighted by molar-refractivity contribution is -0.117. The minimum Gasteiger partial charge on any atom is -0.321 e. The predicted octanol–water partition coefficient (Wildman–Crippen LogP) is 6.51. The van der Waals surface area contributed by atoms with Gasteiger partial charge < -0.3 is 5.32 Å². The van der Waals surface area contributed by atoms with Gasteiger partial charge in [-0.05, 0) is 73.5 Å². The number of thioether (sulfide) groups is 1. The van der Waals surface area contributed by atoms with Crippen molar-refractivity contribution in [2.45, 2.75) is 18.6 Å². The Balaban J connectivity index is 1.73. The fourth-order valence-electron chi connectivity index (χ4n) is 3.54. The van der Waals surface area contributed by atoms with E-state index in [1.807, 2.05) is 25.1 Å². The maximum Gasteiger partial charge on any atom is 0.269 e. The van der Waals surface area contributed by atoms with Crippen LogP contribution in [0.4, 0.5) is 15.8 Å². The molecular weight excluding hydrogens is 508 g/mol. The molecule has 1 atom stereocenters. The van der Waals surface area contributed by atoms with Crippen LogP contribution in [0.3, 0.4) is 0 Å². The molecule has 1 aliphatic heterocycles. The molecule has 9 heteroatoms. The second-order valence-corrected chi connectivity index (χ2v) is 9.84. The molecule has 0 aromatic heterocycles. The van der Waals surface area contributed by atoms with Crippen LogP contribution in [0.5, 0.6) is 0 Å². The second-order valence-electron chi connectivity index (χ2n) is 7.81. The fraction of sp³-hybridized carbons (Fsp3) is 0.115. The third-order valence-corrected chi connectivity index (χ3v) is 7.18. The fourth-order valence-corrected chi connectivity index (χ4v) is 5.23. The Labute approximate surface area is 216 Å². The topological polar surface area (TPSA) is 73.2 Å². The normalized spacial score (nSPS) is 16.7. The molecule has 0 saturated carbocycles. The van der Waals surface area contributed by atoms with Crippen molar-refractivity contribution in [2.75, 3.05) is 10.2 Å². The number of carbonyl (C=O) groups excluding carboxylic acids is 2. The molecule has 5 nitrogen and oxygen atoms in total. The molecule has 3 aromatic carbocycles. The first-order valence-electron chi connectivity index (χ1n) is 10.5. The Morgan fingerprint density at radius 2 is 1.80 bits per heavy atom. The molecule has 0 radical (unpaired) electrons. The summed E-state index contributed by atoms with van der Waals surface area (Å²) in [4.78, 5) is 27.9. The summed E-state index contributed by atoms with van der Waals surface area (Å²) in [5.74, 6) is -1.48. The molecule has 1 saturated heterocycles. The maximum absolute atomic E-state index is 13.6. The average molecular weight is 526 g/mol. The van der Waals surface area contributed by atoms with Crippen molar-refractivity contribution >= 4 is 58.2 Å². The van der Waals surface area contributed by atoms with E-state index in [-0.39, 0.29) is 22.9 Å². The van der Waals surface area contributed by atoms with Crippen molar-refractivity contribution in [2.24, 2.45) is 0 Å². The molecule has 1 fully saturated rings. The summed E-state index contributed by atoms with van der Waals surface area (Å²) in [5, 5.41) is 13.0. The smallest absolute Gasteiger partial charge is 0.269 e. The third kappa shape index (κ3) is 5.51. The van der Waals surface area contributed by atoms with Gasteiger partial charge in [0.25, 0.3) is 5.91 Å². The number of carbonyl (C=O) groups is 2. The molecule has 35 heavy (non-hydrogen) atoms. The number of halogens is 3. The molecule has 4 rings (SSSR count). The average Bonchev–Trinajstić information content (AvgIpc) is 3.14. The van der Waals surface area contributed by atoms with Crippen LogP contribution in [-0.2, 0) is 16.0 Å². The van der Waals surface area contributed by atoms with E-state index in [0.717, 1.165) is 17.3 Å². The van der Waals surface area contributed by atoms with Gasteiger partial charge in [-0.2, -0.15) is 5.26 Å². The number of hydrogen-bond acceptors (Lipinski definition) is 4. The Morgan fingerprint density at radius 3 is 2.46 bits per heavy atom. The molecule has 1 N–H and O–H groups in total. The molecule has 1 heterocycles. The Bertz CT molecular complexity index is 1370. The molecule has 176 valence electrons. The Morgan fingerprint density at radius 1 is 1.11 bits per heavy atom. The van der Waals surface area contributed by atoms with Gasteiger partial charge in [-0.1, -0.05) is 52.7 Å². The van der Waals surface area contributed by atoms with Gasteiger partial charge in [-0.25, -0.2) is 4.39 Å². The number of anilines is 2. The van der Waals surface area contributed by atoms with Crippen molar-refractivity contribution in [3.63, 3.8) is 0 Å². The lowest BCUT2D eigenvalue weighted by Crippen LogP contribution is -2.31. The number of amides is 2. The van der Waals surface area contributed by atoms with Gasteiger partial charge in [0.15, 0.2) is 0 Å². The van der Waals surface area contributed by atoms with Crippen LogP contribution in [0.2, 0.25) is 10.0 Å². The number of aryl methyl sites for hydroxylation is 1. The largest absolute Gasteiger partial charge is 0.321 e. The highest BCUT2D eigenvalue weighted by molar-refractivity contribution is 8.05. The third-order valence-electron chi connectivity index (χ3n) is 5.31. The first-order valence-corrected chi connectivity index (χ1v) is 12.1. The summed E-state index contributed by atoms with van der Waals surface area (Å²) in [7, 11) is 0. The predicted molar refractivity (Wildman–Crippen MR) is 138 cm³/mol. The Hall–Kier alpha value is -3.31. The molecular formula is C26H18Cl2FN3O2S. The summed E-state index contributed by atoms with van der Waals surface area (Å²) < 4.78 is 13.6. The molecule has 0 aliphatic carbocycles. The molecule has 0 spiro atoms. The number of nitrogens with one attached hydrogen (secondary N) is 1. The van der Waals surface area contributed by atoms with Gasteiger partial charge in [-0.15, -0.1) is 0 Å². The molecule has 1 aliphatic rings. The van der Waals surface area contributed by atoms with Gasteiger partial charge >= 0.3 is 0 Å². The minimum absolute atomic E-state index is 0.164. The van der Waals surface area contributed by atoms with E-state index in [9.17, 15) is 19.2 Å². The lowest BCUT2D eigenvalue weighted by Gasteiger charge is -2.18. The summed E-state index contributed by atoms with van der Waals surface area (Å²) in [6.45, 7) is 1.92. The summed E-state index contributed by atoms with van der Waals surface area (Å²) in [6.07, 6.45) is 0.225. The summed E-state index contributed by atoms with van der Waals surface area (Å²) >= 11 is 13.5. The first kappa shape index (κ1) is 24.8. The van der Waals surface area contributed by atoms with Crippen LogP contribution in [0.25, 0.3) is 0 Å². The highest BCUT2D eigenvalue weighted by atomic mass is 35.5. The van der Waals surface area contributed by atoms with Gasteiger partial charge in [0, 0.05) is 21.4 Å². The summed E-state index contributed by atoms with van der Waals surface area (Å²) in [6, 6.07) is 19.3. The zero-order valence-electron chi connectivity index (χ0n) is 18.4. The van der Waals surface area contributed by atoms with E-state index in [2.05, 4.69) is 5.32 Å². The van der Waals surface area contributed by atoms with Crippen molar-refractivity contribution < 1.29 is 14.0 Å². The standard InChI is InChI=1S/C26H18Cl2FN3O2S/c1-15-2-7-19(8-3-15)31-24(33)21(14-30)26-32(20-9-5-18(29)6-10-20)25(34)23(35-26)13-16-12-17(27)4-11-22(16)28/h2-12,23H,13H2,1H3,(H,31,33). The highest BCUT2D eigenvalue weighted by Gasteiger charge is 2.41. The number of nitrogens with zero attached hydrogens (tertiary/aromatic N) is 2. The highest BCUT2D eigenvalue weighted by Crippen LogP contribution is 2.42. The van der Waals surface area contributed by atoms with Crippen LogP contribution in [0, 0.1) is 24.1 Å². The van der Waals surface area contributed by atoms with E-state index >= 15 is 0 Å². The number of nitriles is 1. The Kier molecular flexibility index (Phi) is 7.46. The van der Waals surface area contributed by atoms with Crippen LogP contribution in [-0.4, -0.2) is 17.1 Å². The van der Waals surface area contributed by atoms with Gasteiger partial charge in [-0.3, -0.25) is 14.5 Å². The van der Waals surface area contributed by atoms with E-state index in [1.165, 1.54) is 29.2 Å². The summed E-state index contributed by atoms with van der Waals surface area (Å²) in [5.41, 5.74) is 2.30. The monoisotopic (exact) mass is 525 g/mol. The van der Waals surface area contributed by atoms with Crippen molar-refractivity contribution in [1.29, 1.82) is 5.26 Å². The quantitative estimate of drug-likeness (QED) is 0.304. The minimum atomic E-state index is -0.679. The second kappa shape index (κ2) is 10.5. The van der Waals surface area contributed by atoms with E-state index in [1.54, 1.807) is 30.3 Å². The molecule has 1 unspecified atom stereocenters. The van der Waals surface area contributed by atoms with Crippen molar-refractivity contribution in [3.05, 3.63) is 104 Å². The number of benzene rings is 3. The van der Waals surface area contributed by atoms with E-state index in [0.29, 0.717) is 27.0 Å². The van der Waals surface area contributed by atoms with E-state index in [4.69, 9.17) is 23.2 Å². The van der Waals surface area contributed by atoms with Crippen LogP contribution < -0.4 is 10.2 Å². The van der Waals surface area contributed by atoms with Gasteiger partial charge in [0.05, 0.1) is 5.25 Å². The lowest BCUT2D eigenvalue weighted by atomic mass is 10.1. The molecule has 0 bridgehead atoms. The van der Waals surface area contributed by atoms with E-state index < -0.39 is 17.0 Å². The zero-order chi connectivity index (χ0) is 25.1. The molecule has 3 aromatic rings. The number of rotatable bonds is 5. The maximum atomic E-state index is 13.6. The van der Waals surface area contributed by atoms with Crippen molar-refractivity contribution in [3.8, 4) is 6.07 Å².